The van der Waals surface area contributed by atoms with Crippen molar-refractivity contribution in [3.8, 4) is 0 Å². The molecule has 1 fully saturated rings. The maximum Gasteiger partial charge on any atom is 0.105 e. The van der Waals surface area contributed by atoms with E-state index in [4.69, 9.17) is 0 Å². The summed E-state index contributed by atoms with van der Waals surface area (Å²) in [5.74, 6) is 1.22. The van der Waals surface area contributed by atoms with E-state index in [0.29, 0.717) is 5.41 Å². The Kier molecular flexibility index (Phi) is 2.50. The summed E-state index contributed by atoms with van der Waals surface area (Å²) in [5, 5.41) is 3.28. The summed E-state index contributed by atoms with van der Waals surface area (Å²) in [5.41, 5.74) is 0.536. The summed E-state index contributed by atoms with van der Waals surface area (Å²) in [4.78, 5) is 5.54. The molecule has 0 amide bonds. The molecule has 1 aromatic heterocycles. The van der Waals surface area contributed by atoms with Crippen LogP contribution in [0.3, 0.4) is 0 Å². The molecule has 1 aliphatic carbocycles. The van der Waals surface area contributed by atoms with Crippen LogP contribution in [0.15, 0.2) is 18.3 Å². The minimum Gasteiger partial charge on any atom is -0.361 e. The van der Waals surface area contributed by atoms with Crippen molar-refractivity contribution < 1.29 is 0 Å². The van der Waals surface area contributed by atoms with Gasteiger partial charge in [0.25, 0.3) is 0 Å². The zero-order valence-corrected chi connectivity index (χ0v) is 9.01. The molecule has 0 spiro atoms. The lowest BCUT2D eigenvalue weighted by atomic mass is 10.1. The molecule has 14 heavy (non-hydrogen) atoms. The number of hydrogen-bond acceptors (Lipinski definition) is 2. The highest BCUT2D eigenvalue weighted by Gasteiger charge is 2.42. The van der Waals surface area contributed by atoms with Gasteiger partial charge in [0, 0.05) is 31.7 Å². The SMILES string of the molecule is CNCC1(CN(C)c2ccc[nH]2)CC1. The summed E-state index contributed by atoms with van der Waals surface area (Å²) in [6.07, 6.45) is 4.70. The second kappa shape index (κ2) is 3.65. The van der Waals surface area contributed by atoms with Crippen molar-refractivity contribution >= 4 is 5.82 Å². The van der Waals surface area contributed by atoms with Crippen LogP contribution in [0.5, 0.6) is 0 Å². The van der Waals surface area contributed by atoms with E-state index in [9.17, 15) is 0 Å². The van der Waals surface area contributed by atoms with Crippen molar-refractivity contribution in [2.24, 2.45) is 5.41 Å². The third-order valence-electron chi connectivity index (χ3n) is 3.07. The van der Waals surface area contributed by atoms with Crippen LogP contribution in [0.1, 0.15) is 12.8 Å². The molecular formula is C11H19N3. The van der Waals surface area contributed by atoms with Gasteiger partial charge in [-0.3, -0.25) is 0 Å². The minimum atomic E-state index is 0.536. The summed E-state index contributed by atoms with van der Waals surface area (Å²) >= 11 is 0. The zero-order chi connectivity index (χ0) is 10.0. The Morgan fingerprint density at radius 2 is 2.36 bits per heavy atom. The molecule has 2 rings (SSSR count). The maximum absolute atomic E-state index is 3.28. The first-order valence-electron chi connectivity index (χ1n) is 5.25. The average Bonchev–Trinajstić information content (AvgIpc) is 2.70. The van der Waals surface area contributed by atoms with Gasteiger partial charge in [0.1, 0.15) is 5.82 Å². The first-order valence-corrected chi connectivity index (χ1v) is 5.25. The number of hydrogen-bond donors (Lipinski definition) is 2. The van der Waals surface area contributed by atoms with E-state index in [1.54, 1.807) is 0 Å². The molecule has 3 heteroatoms. The lowest BCUT2D eigenvalue weighted by Gasteiger charge is -2.24. The Labute approximate surface area is 85.5 Å². The van der Waals surface area contributed by atoms with Crippen molar-refractivity contribution in [3.63, 3.8) is 0 Å². The molecule has 2 N–H and O–H groups in total. The van der Waals surface area contributed by atoms with Crippen LogP contribution >= 0.6 is 0 Å². The first kappa shape index (κ1) is 9.59. The number of H-pyrrole nitrogens is 1. The lowest BCUT2D eigenvalue weighted by Crippen LogP contribution is -2.32. The number of anilines is 1. The quantitative estimate of drug-likeness (QED) is 0.741. The third kappa shape index (κ3) is 1.93. The van der Waals surface area contributed by atoms with Gasteiger partial charge in [-0.25, -0.2) is 0 Å². The number of aromatic nitrogens is 1. The molecule has 1 aromatic rings. The Morgan fingerprint density at radius 1 is 1.57 bits per heavy atom. The average molecular weight is 193 g/mol. The highest BCUT2D eigenvalue weighted by Crippen LogP contribution is 2.45. The highest BCUT2D eigenvalue weighted by atomic mass is 15.2. The number of aromatic amines is 1. The van der Waals surface area contributed by atoms with Gasteiger partial charge in [0.2, 0.25) is 0 Å². The van der Waals surface area contributed by atoms with E-state index in [2.05, 4.69) is 28.3 Å². The van der Waals surface area contributed by atoms with Gasteiger partial charge in [0.15, 0.2) is 0 Å². The van der Waals surface area contributed by atoms with Gasteiger partial charge in [-0.1, -0.05) is 0 Å². The van der Waals surface area contributed by atoms with Gasteiger partial charge in [-0.15, -0.1) is 0 Å². The Balaban J connectivity index is 1.91. The van der Waals surface area contributed by atoms with Crippen molar-refractivity contribution in [1.82, 2.24) is 10.3 Å². The molecule has 1 heterocycles. The van der Waals surface area contributed by atoms with Crippen molar-refractivity contribution in [2.75, 3.05) is 32.1 Å². The fourth-order valence-electron chi connectivity index (χ4n) is 2.09. The number of nitrogens with one attached hydrogen (secondary N) is 2. The normalized spacial score (nSPS) is 18.1. The summed E-state index contributed by atoms with van der Waals surface area (Å²) in [7, 11) is 4.19. The van der Waals surface area contributed by atoms with Crippen LogP contribution in [-0.2, 0) is 0 Å². The molecule has 1 saturated carbocycles. The van der Waals surface area contributed by atoms with Crippen molar-refractivity contribution in [2.45, 2.75) is 12.8 Å². The number of rotatable bonds is 5. The Hall–Kier alpha value is -0.960. The van der Waals surface area contributed by atoms with Gasteiger partial charge < -0.3 is 15.2 Å². The molecule has 0 bridgehead atoms. The monoisotopic (exact) mass is 193 g/mol. The predicted octanol–water partition coefficient (Wildman–Crippen LogP) is 1.45. The molecular weight excluding hydrogens is 174 g/mol. The van der Waals surface area contributed by atoms with Gasteiger partial charge in [0.05, 0.1) is 0 Å². The van der Waals surface area contributed by atoms with Crippen LogP contribution in [-0.4, -0.2) is 32.2 Å². The van der Waals surface area contributed by atoms with Crippen LogP contribution in [0.2, 0.25) is 0 Å². The van der Waals surface area contributed by atoms with Crippen LogP contribution in [0, 0.1) is 5.41 Å². The molecule has 0 saturated heterocycles. The van der Waals surface area contributed by atoms with Gasteiger partial charge in [-0.05, 0) is 32.0 Å². The third-order valence-corrected chi connectivity index (χ3v) is 3.07. The van der Waals surface area contributed by atoms with Crippen LogP contribution in [0.4, 0.5) is 5.82 Å². The predicted molar refractivity (Wildman–Crippen MR) is 59.7 cm³/mol. The van der Waals surface area contributed by atoms with Crippen LogP contribution in [0.25, 0.3) is 0 Å². The molecule has 3 nitrogen and oxygen atoms in total. The number of nitrogens with zero attached hydrogens (tertiary/aromatic N) is 1. The van der Waals surface area contributed by atoms with E-state index in [1.807, 2.05) is 19.3 Å². The fraction of sp³-hybridized carbons (Fsp3) is 0.636. The van der Waals surface area contributed by atoms with Crippen LogP contribution < -0.4 is 10.2 Å². The summed E-state index contributed by atoms with van der Waals surface area (Å²) in [6, 6.07) is 4.17. The fourth-order valence-corrected chi connectivity index (χ4v) is 2.09. The maximum atomic E-state index is 3.28. The highest BCUT2D eigenvalue weighted by molar-refractivity contribution is 5.38. The minimum absolute atomic E-state index is 0.536. The molecule has 0 unspecified atom stereocenters. The van der Waals surface area contributed by atoms with E-state index in [0.717, 1.165) is 13.1 Å². The summed E-state index contributed by atoms with van der Waals surface area (Å²) < 4.78 is 0. The van der Waals surface area contributed by atoms with E-state index < -0.39 is 0 Å². The topological polar surface area (TPSA) is 31.1 Å². The molecule has 0 radical (unpaired) electrons. The second-order valence-electron chi connectivity index (χ2n) is 4.44. The second-order valence-corrected chi connectivity index (χ2v) is 4.44. The van der Waals surface area contributed by atoms with Crippen molar-refractivity contribution in [3.05, 3.63) is 18.3 Å². The first-order chi connectivity index (χ1) is 6.76. The largest absolute Gasteiger partial charge is 0.361 e. The zero-order valence-electron chi connectivity index (χ0n) is 9.01. The molecule has 0 aliphatic heterocycles. The van der Waals surface area contributed by atoms with Gasteiger partial charge >= 0.3 is 0 Å². The Bertz CT molecular complexity index is 275. The lowest BCUT2D eigenvalue weighted by molar-refractivity contribution is 0.481. The summed E-state index contributed by atoms with van der Waals surface area (Å²) in [6.45, 7) is 2.28. The molecule has 1 aliphatic rings. The van der Waals surface area contributed by atoms with E-state index in [-0.39, 0.29) is 0 Å². The van der Waals surface area contributed by atoms with E-state index >= 15 is 0 Å². The Morgan fingerprint density at radius 3 is 2.86 bits per heavy atom. The molecule has 0 atom stereocenters. The molecule has 0 aromatic carbocycles. The van der Waals surface area contributed by atoms with E-state index in [1.165, 1.54) is 18.7 Å². The molecule has 78 valence electrons. The standard InChI is InChI=1S/C11H19N3/c1-12-8-11(5-6-11)9-14(2)10-4-3-7-13-10/h3-4,7,12-13H,5-6,8-9H2,1-2H3. The van der Waals surface area contributed by atoms with Crippen molar-refractivity contribution in [1.29, 1.82) is 0 Å². The smallest absolute Gasteiger partial charge is 0.105 e. The van der Waals surface area contributed by atoms with Gasteiger partial charge in [-0.2, -0.15) is 0 Å².